The molecular formula is C16H16N2O4. The molecule has 0 radical (unpaired) electrons. The van der Waals surface area contributed by atoms with Crippen molar-refractivity contribution in [1.29, 1.82) is 0 Å². The number of nitrogens with one attached hydrogen (secondary N) is 1. The van der Waals surface area contributed by atoms with E-state index >= 15 is 0 Å². The predicted molar refractivity (Wildman–Crippen MR) is 80.1 cm³/mol. The molecule has 1 aromatic carbocycles. The van der Waals surface area contributed by atoms with Gasteiger partial charge in [-0.2, -0.15) is 4.73 Å². The van der Waals surface area contributed by atoms with Gasteiger partial charge in [-0.05, 0) is 24.1 Å². The Bertz CT molecular complexity index is 668. The molecule has 0 atom stereocenters. The number of hydrogen-bond donors (Lipinski definition) is 1. The first-order chi connectivity index (χ1) is 10.6. The van der Waals surface area contributed by atoms with Crippen LogP contribution in [0, 0.1) is 5.21 Å². The Hall–Kier alpha value is -2.89. The second-order valence-corrected chi connectivity index (χ2v) is 4.62. The minimum atomic E-state index is -0.655. The van der Waals surface area contributed by atoms with Crippen LogP contribution in [-0.4, -0.2) is 18.5 Å². The van der Waals surface area contributed by atoms with Gasteiger partial charge in [0, 0.05) is 17.8 Å². The molecule has 0 aliphatic heterocycles. The molecule has 1 heterocycles. The maximum Gasteiger partial charge on any atom is 0.339 e. The van der Waals surface area contributed by atoms with Crippen molar-refractivity contribution in [2.45, 2.75) is 13.3 Å². The van der Waals surface area contributed by atoms with Crippen molar-refractivity contribution in [1.82, 2.24) is 0 Å². The lowest BCUT2D eigenvalue weighted by atomic mass is 10.1. The minimum absolute atomic E-state index is 0.216. The number of nitrogens with zero attached hydrogens (tertiary/aromatic N) is 1. The molecule has 0 saturated heterocycles. The molecule has 2 aromatic rings. The zero-order valence-corrected chi connectivity index (χ0v) is 12.1. The third-order valence-corrected chi connectivity index (χ3v) is 2.99. The van der Waals surface area contributed by atoms with Crippen LogP contribution in [0.15, 0.2) is 48.8 Å². The molecule has 0 aliphatic carbocycles. The largest absolute Gasteiger partial charge is 0.619 e. The van der Waals surface area contributed by atoms with Crippen LogP contribution in [0.4, 0.5) is 5.69 Å². The summed E-state index contributed by atoms with van der Waals surface area (Å²) >= 11 is 0. The van der Waals surface area contributed by atoms with Crippen molar-refractivity contribution in [2.75, 3.05) is 11.9 Å². The molecule has 22 heavy (non-hydrogen) atoms. The summed E-state index contributed by atoms with van der Waals surface area (Å²) in [5.41, 5.74) is 1.98. The van der Waals surface area contributed by atoms with Crippen LogP contribution in [0.5, 0.6) is 0 Å². The molecule has 0 saturated carbocycles. The van der Waals surface area contributed by atoms with Gasteiger partial charge in [-0.1, -0.05) is 19.1 Å². The minimum Gasteiger partial charge on any atom is -0.619 e. The van der Waals surface area contributed by atoms with Crippen molar-refractivity contribution in [2.24, 2.45) is 0 Å². The summed E-state index contributed by atoms with van der Waals surface area (Å²) in [6, 6.07) is 10.1. The highest BCUT2D eigenvalue weighted by molar-refractivity contribution is 5.95. The molecule has 0 unspecified atom stereocenters. The fourth-order valence-electron chi connectivity index (χ4n) is 1.83. The van der Waals surface area contributed by atoms with Crippen LogP contribution in [-0.2, 0) is 16.0 Å². The molecule has 1 amide bonds. The molecule has 0 fully saturated rings. The van der Waals surface area contributed by atoms with Gasteiger partial charge in [0.2, 0.25) is 0 Å². The normalized spacial score (nSPS) is 10.0. The van der Waals surface area contributed by atoms with Crippen molar-refractivity contribution in [3.8, 4) is 0 Å². The number of aryl methyl sites for hydroxylation is 1. The molecule has 114 valence electrons. The molecule has 0 spiro atoms. The molecule has 2 rings (SSSR count). The van der Waals surface area contributed by atoms with Crippen molar-refractivity contribution in [3.05, 3.63) is 65.1 Å². The van der Waals surface area contributed by atoms with E-state index in [0.717, 1.165) is 12.0 Å². The highest BCUT2D eigenvalue weighted by atomic mass is 16.5. The van der Waals surface area contributed by atoms with Crippen LogP contribution >= 0.6 is 0 Å². The number of carbonyl (C=O) groups excluding carboxylic acids is 2. The topological polar surface area (TPSA) is 82.3 Å². The van der Waals surface area contributed by atoms with Gasteiger partial charge >= 0.3 is 5.97 Å². The van der Waals surface area contributed by atoms with E-state index in [1.807, 2.05) is 25.1 Å². The third kappa shape index (κ3) is 4.31. The van der Waals surface area contributed by atoms with E-state index in [1.165, 1.54) is 24.5 Å². The maximum absolute atomic E-state index is 11.8. The average Bonchev–Trinajstić information content (AvgIpc) is 2.53. The van der Waals surface area contributed by atoms with Crippen molar-refractivity contribution in [3.63, 3.8) is 0 Å². The molecule has 1 N–H and O–H groups in total. The number of esters is 1. The summed E-state index contributed by atoms with van der Waals surface area (Å²) < 4.78 is 5.46. The first kappa shape index (κ1) is 15.5. The first-order valence-corrected chi connectivity index (χ1v) is 6.83. The Morgan fingerprint density at radius 3 is 2.64 bits per heavy atom. The third-order valence-electron chi connectivity index (χ3n) is 2.99. The van der Waals surface area contributed by atoms with Crippen molar-refractivity contribution < 1.29 is 19.1 Å². The van der Waals surface area contributed by atoms with Crippen LogP contribution < -0.4 is 10.0 Å². The van der Waals surface area contributed by atoms with Gasteiger partial charge < -0.3 is 15.3 Å². The summed E-state index contributed by atoms with van der Waals surface area (Å²) in [6.07, 6.45) is 3.24. The maximum atomic E-state index is 11.8. The summed E-state index contributed by atoms with van der Waals surface area (Å²) in [4.78, 5) is 23.5. The molecule has 1 aromatic heterocycles. The fourth-order valence-corrected chi connectivity index (χ4v) is 1.83. The Morgan fingerprint density at radius 1 is 1.23 bits per heavy atom. The average molecular weight is 300 g/mol. The number of rotatable bonds is 5. The molecule has 0 aliphatic rings. The lowest BCUT2D eigenvalue weighted by Gasteiger charge is -2.07. The Balaban J connectivity index is 1.87. The number of aromatic nitrogens is 1. The highest BCUT2D eigenvalue weighted by Gasteiger charge is 2.11. The van der Waals surface area contributed by atoms with E-state index in [1.54, 1.807) is 6.07 Å². The van der Waals surface area contributed by atoms with Crippen LogP contribution in [0.25, 0.3) is 0 Å². The molecule has 6 heteroatoms. The van der Waals surface area contributed by atoms with Gasteiger partial charge in [0.1, 0.15) is 0 Å². The lowest BCUT2D eigenvalue weighted by molar-refractivity contribution is -0.605. The number of benzene rings is 1. The lowest BCUT2D eigenvalue weighted by Crippen LogP contribution is -2.25. The van der Waals surface area contributed by atoms with Gasteiger partial charge in [0.05, 0.1) is 5.56 Å². The SMILES string of the molecule is CCc1cccc(NC(=O)COC(=O)c2cc[n+]([O-])cc2)c1. The second kappa shape index (κ2) is 7.21. The second-order valence-electron chi connectivity index (χ2n) is 4.62. The predicted octanol–water partition coefficient (Wildman–Crippen LogP) is 1.68. The number of amides is 1. The summed E-state index contributed by atoms with van der Waals surface area (Å²) in [5, 5.41) is 13.5. The summed E-state index contributed by atoms with van der Waals surface area (Å²) in [5.74, 6) is -1.07. The Morgan fingerprint density at radius 2 is 1.95 bits per heavy atom. The van der Waals surface area contributed by atoms with Gasteiger partial charge in [-0.25, -0.2) is 4.79 Å². The van der Waals surface area contributed by atoms with Gasteiger partial charge in [-0.15, -0.1) is 0 Å². The van der Waals surface area contributed by atoms with E-state index < -0.39 is 11.9 Å². The number of ether oxygens (including phenoxy) is 1. The fraction of sp³-hybridized carbons (Fsp3) is 0.188. The summed E-state index contributed by atoms with van der Waals surface area (Å²) in [7, 11) is 0. The molecular weight excluding hydrogens is 284 g/mol. The molecule has 0 bridgehead atoms. The highest BCUT2D eigenvalue weighted by Crippen LogP contribution is 2.11. The zero-order valence-electron chi connectivity index (χ0n) is 12.1. The van der Waals surface area contributed by atoms with E-state index in [2.05, 4.69) is 5.32 Å². The van der Waals surface area contributed by atoms with E-state index in [9.17, 15) is 14.8 Å². The Labute approximate surface area is 127 Å². The summed E-state index contributed by atoms with van der Waals surface area (Å²) in [6.45, 7) is 1.63. The van der Waals surface area contributed by atoms with Crippen LogP contribution in [0.1, 0.15) is 22.8 Å². The van der Waals surface area contributed by atoms with Gasteiger partial charge in [-0.3, -0.25) is 4.79 Å². The van der Waals surface area contributed by atoms with E-state index in [-0.39, 0.29) is 12.2 Å². The number of pyridine rings is 1. The Kier molecular flexibility index (Phi) is 5.08. The van der Waals surface area contributed by atoms with Crippen LogP contribution in [0.2, 0.25) is 0 Å². The smallest absolute Gasteiger partial charge is 0.339 e. The number of anilines is 1. The standard InChI is InChI=1S/C16H16N2O4/c1-2-12-4-3-5-14(10-12)17-15(19)11-22-16(20)13-6-8-18(21)9-7-13/h3-10H,2,11H2,1H3,(H,17,19). The zero-order chi connectivity index (χ0) is 15.9. The number of hydrogen-bond acceptors (Lipinski definition) is 4. The van der Waals surface area contributed by atoms with E-state index in [0.29, 0.717) is 10.4 Å². The monoisotopic (exact) mass is 300 g/mol. The molecule has 6 nitrogen and oxygen atoms in total. The van der Waals surface area contributed by atoms with E-state index in [4.69, 9.17) is 4.74 Å². The first-order valence-electron chi connectivity index (χ1n) is 6.83. The van der Waals surface area contributed by atoms with Crippen molar-refractivity contribution >= 4 is 17.6 Å². The quantitative estimate of drug-likeness (QED) is 0.517. The number of carbonyl (C=O) groups is 2. The van der Waals surface area contributed by atoms with Crippen LogP contribution in [0.3, 0.4) is 0 Å². The van der Waals surface area contributed by atoms with Gasteiger partial charge in [0.15, 0.2) is 19.0 Å². The van der Waals surface area contributed by atoms with Gasteiger partial charge in [0.25, 0.3) is 5.91 Å².